The summed E-state index contributed by atoms with van der Waals surface area (Å²) in [5, 5.41) is 2.39. The fourth-order valence-electron chi connectivity index (χ4n) is 0. The number of thiocarbonyl (C=S) groups is 1. The molecular weight excluding hydrogens is 146 g/mol. The number of hydrogen-bond donors (Lipinski definition) is 1. The third-order valence-corrected chi connectivity index (χ3v) is 1.14. The average Bonchev–Trinajstić information content (AvgIpc) is 1.89. The van der Waals surface area contributed by atoms with Crippen LogP contribution in [0.1, 0.15) is 27.2 Å². The molecule has 0 aromatic rings. The number of amides is 1. The summed E-state index contributed by atoms with van der Waals surface area (Å²) in [6, 6.07) is 0. The Hall–Kier alpha value is -0.440. The van der Waals surface area contributed by atoms with Crippen molar-refractivity contribution in [1.29, 1.82) is 0 Å². The molecule has 0 aromatic carbocycles. The quantitative estimate of drug-likeness (QED) is 0.591. The Morgan fingerprint density at radius 3 is 1.70 bits per heavy atom. The molecule has 0 atom stereocenters. The summed E-state index contributed by atoms with van der Waals surface area (Å²) in [6.07, 6.45) is 1.04. The summed E-state index contributed by atoms with van der Waals surface area (Å²) in [5.41, 5.74) is 0. The molecule has 0 saturated carbocycles. The Labute approximate surface area is 68.0 Å². The van der Waals surface area contributed by atoms with Gasteiger partial charge in [-0.2, -0.15) is 0 Å². The first-order valence-electron chi connectivity index (χ1n) is 3.22. The summed E-state index contributed by atoms with van der Waals surface area (Å²) in [4.78, 5) is 10.8. The van der Waals surface area contributed by atoms with Gasteiger partial charge in [0.2, 0.25) is 5.91 Å². The zero-order valence-electron chi connectivity index (χ0n) is 7.02. The molecular formula is C7H15NOS. The predicted molar refractivity (Wildman–Crippen MR) is 48.3 cm³/mol. The van der Waals surface area contributed by atoms with Crippen LogP contribution in [0.25, 0.3) is 0 Å². The van der Waals surface area contributed by atoms with Crippen LogP contribution in [0.4, 0.5) is 0 Å². The summed E-state index contributed by atoms with van der Waals surface area (Å²) < 4.78 is 0. The van der Waals surface area contributed by atoms with Gasteiger partial charge in [-0.3, -0.25) is 4.79 Å². The van der Waals surface area contributed by atoms with E-state index >= 15 is 0 Å². The molecule has 10 heavy (non-hydrogen) atoms. The maximum absolute atomic E-state index is 9.70. The Morgan fingerprint density at radius 2 is 1.70 bits per heavy atom. The van der Waals surface area contributed by atoms with Crippen LogP contribution in [0.3, 0.4) is 0 Å². The zero-order chi connectivity index (χ0) is 8.57. The summed E-state index contributed by atoms with van der Waals surface area (Å²) in [6.45, 7) is 5.48. The largest absolute Gasteiger partial charge is 0.359 e. The van der Waals surface area contributed by atoms with Gasteiger partial charge in [0.1, 0.15) is 0 Å². The minimum Gasteiger partial charge on any atom is -0.359 e. The van der Waals surface area contributed by atoms with Crippen LogP contribution in [-0.4, -0.2) is 17.8 Å². The van der Waals surface area contributed by atoms with Crippen LogP contribution in [0.2, 0.25) is 0 Å². The van der Waals surface area contributed by atoms with Crippen molar-refractivity contribution in [2.75, 3.05) is 7.05 Å². The molecule has 0 fully saturated rings. The van der Waals surface area contributed by atoms with E-state index < -0.39 is 0 Å². The molecule has 0 heterocycles. The second-order valence-corrected chi connectivity index (χ2v) is 2.56. The number of nitrogens with one attached hydrogen (secondary N) is 1. The van der Waals surface area contributed by atoms with E-state index in [0.717, 1.165) is 11.3 Å². The van der Waals surface area contributed by atoms with E-state index in [0.29, 0.717) is 0 Å². The van der Waals surface area contributed by atoms with Crippen LogP contribution in [0.15, 0.2) is 0 Å². The van der Waals surface area contributed by atoms with Gasteiger partial charge in [-0.25, -0.2) is 0 Å². The second kappa shape index (κ2) is 8.56. The van der Waals surface area contributed by atoms with Crippen molar-refractivity contribution in [3.8, 4) is 0 Å². The van der Waals surface area contributed by atoms with Crippen LogP contribution < -0.4 is 5.32 Å². The smallest absolute Gasteiger partial charge is 0.216 e. The highest BCUT2D eigenvalue weighted by Crippen LogP contribution is 1.77. The molecule has 1 N–H and O–H groups in total. The number of hydrogen-bond acceptors (Lipinski definition) is 2. The zero-order valence-corrected chi connectivity index (χ0v) is 7.84. The minimum absolute atomic E-state index is 0.00463. The molecule has 2 nitrogen and oxygen atoms in total. The highest BCUT2D eigenvalue weighted by molar-refractivity contribution is 7.80. The first-order chi connectivity index (χ1) is 4.54. The topological polar surface area (TPSA) is 29.1 Å². The molecule has 0 radical (unpaired) electrons. The van der Waals surface area contributed by atoms with Gasteiger partial charge in [0.15, 0.2) is 0 Å². The van der Waals surface area contributed by atoms with Gasteiger partial charge in [0.05, 0.1) is 0 Å². The van der Waals surface area contributed by atoms with E-state index in [-0.39, 0.29) is 5.91 Å². The fourth-order valence-corrected chi connectivity index (χ4v) is 0. The lowest BCUT2D eigenvalue weighted by molar-refractivity contribution is -0.118. The molecule has 0 aliphatic carbocycles. The van der Waals surface area contributed by atoms with Gasteiger partial charge in [-0.1, -0.05) is 19.1 Å². The maximum Gasteiger partial charge on any atom is 0.216 e. The summed E-state index contributed by atoms with van der Waals surface area (Å²) >= 11 is 4.70. The van der Waals surface area contributed by atoms with Gasteiger partial charge in [-0.15, -0.1) is 0 Å². The van der Waals surface area contributed by atoms with Crippen molar-refractivity contribution in [3.05, 3.63) is 0 Å². The van der Waals surface area contributed by atoms with Gasteiger partial charge in [0.25, 0.3) is 0 Å². The van der Waals surface area contributed by atoms with E-state index in [4.69, 9.17) is 12.2 Å². The van der Waals surface area contributed by atoms with E-state index in [2.05, 4.69) is 12.2 Å². The van der Waals surface area contributed by atoms with Crippen LogP contribution >= 0.6 is 12.2 Å². The molecule has 0 spiro atoms. The molecule has 0 bridgehead atoms. The molecule has 0 aliphatic rings. The Kier molecular flexibility index (Phi) is 10.5. The van der Waals surface area contributed by atoms with Crippen molar-refractivity contribution in [2.45, 2.75) is 27.2 Å². The second-order valence-electron chi connectivity index (χ2n) is 1.86. The fraction of sp³-hybridized carbons (Fsp3) is 0.714. The van der Waals surface area contributed by atoms with Gasteiger partial charge < -0.3 is 5.32 Å². The monoisotopic (exact) mass is 161 g/mol. The van der Waals surface area contributed by atoms with Gasteiger partial charge >= 0.3 is 0 Å². The third-order valence-electron chi connectivity index (χ3n) is 0.850. The van der Waals surface area contributed by atoms with Gasteiger partial charge in [0, 0.05) is 14.0 Å². The minimum atomic E-state index is 0.00463. The van der Waals surface area contributed by atoms with E-state index in [9.17, 15) is 4.79 Å². The van der Waals surface area contributed by atoms with Crippen molar-refractivity contribution < 1.29 is 4.79 Å². The Bertz CT molecular complexity index is 98.2. The molecule has 0 aromatic heterocycles. The first kappa shape index (κ1) is 12.3. The van der Waals surface area contributed by atoms with Crippen molar-refractivity contribution >= 4 is 23.0 Å². The highest BCUT2D eigenvalue weighted by atomic mass is 32.1. The number of rotatable bonds is 1. The average molecular weight is 161 g/mol. The lowest BCUT2D eigenvalue weighted by atomic mass is 10.4. The van der Waals surface area contributed by atoms with E-state index in [1.807, 2.05) is 6.92 Å². The standard InChI is InChI=1S/C4H8S.C3H7NO/c1-3-4(2)5;1-3(5)4-2/h3H2,1-2H3;1-2H3,(H,4,5). The highest BCUT2D eigenvalue weighted by Gasteiger charge is 1.72. The van der Waals surface area contributed by atoms with Crippen LogP contribution in [0.5, 0.6) is 0 Å². The maximum atomic E-state index is 9.70. The Balaban J connectivity index is 0. The van der Waals surface area contributed by atoms with Crippen molar-refractivity contribution in [3.63, 3.8) is 0 Å². The molecule has 0 unspecified atom stereocenters. The number of carbonyl (C=O) groups is 1. The normalized spacial score (nSPS) is 7.20. The van der Waals surface area contributed by atoms with Crippen molar-refractivity contribution in [2.24, 2.45) is 0 Å². The predicted octanol–water partition coefficient (Wildman–Crippen LogP) is 1.54. The lowest BCUT2D eigenvalue weighted by Crippen LogP contribution is -2.11. The molecule has 3 heteroatoms. The lowest BCUT2D eigenvalue weighted by Gasteiger charge is -1.80. The van der Waals surface area contributed by atoms with Crippen LogP contribution in [-0.2, 0) is 4.79 Å². The summed E-state index contributed by atoms with van der Waals surface area (Å²) in [5.74, 6) is 0.00463. The molecule has 60 valence electrons. The third kappa shape index (κ3) is 25.7. The van der Waals surface area contributed by atoms with E-state index in [1.54, 1.807) is 7.05 Å². The van der Waals surface area contributed by atoms with Crippen molar-refractivity contribution in [1.82, 2.24) is 5.32 Å². The summed E-state index contributed by atoms with van der Waals surface area (Å²) in [7, 11) is 1.60. The van der Waals surface area contributed by atoms with E-state index in [1.165, 1.54) is 6.92 Å². The SMILES string of the molecule is CCC(C)=S.CNC(C)=O. The molecule has 0 aliphatic heterocycles. The first-order valence-corrected chi connectivity index (χ1v) is 3.63. The molecule has 1 amide bonds. The van der Waals surface area contributed by atoms with Gasteiger partial charge in [-0.05, 0) is 18.2 Å². The Morgan fingerprint density at radius 1 is 1.50 bits per heavy atom. The molecule has 0 saturated heterocycles. The molecule has 0 rings (SSSR count). The van der Waals surface area contributed by atoms with Crippen LogP contribution in [0, 0.1) is 0 Å². The number of carbonyl (C=O) groups excluding carboxylic acids is 1.